The lowest BCUT2D eigenvalue weighted by atomic mass is 10.1. The quantitative estimate of drug-likeness (QED) is 0.708. The molecule has 5 heteroatoms. The predicted octanol–water partition coefficient (Wildman–Crippen LogP) is -0.129. The summed E-state index contributed by atoms with van der Waals surface area (Å²) in [5, 5.41) is 8.64. The van der Waals surface area contributed by atoms with Crippen LogP contribution in [0.1, 0.15) is 12.8 Å². The number of likely N-dealkylation sites (N-methyl/N-ethyl adjacent to an activating group) is 1. The monoisotopic (exact) mass is 214 g/mol. The molecule has 0 spiro atoms. The van der Waals surface area contributed by atoms with Gasteiger partial charge in [-0.2, -0.15) is 0 Å². The maximum atomic E-state index is 11.4. The Kier molecular flexibility index (Phi) is 4.08. The number of carboxylic acid groups (broad SMARTS) is 1. The van der Waals surface area contributed by atoms with E-state index in [0.717, 1.165) is 19.5 Å². The molecule has 1 rings (SSSR count). The molecular formula is C10H18N2O3. The third-order valence-electron chi connectivity index (χ3n) is 2.69. The third-order valence-corrected chi connectivity index (χ3v) is 2.69. The Morgan fingerprint density at radius 3 is 2.67 bits per heavy atom. The second kappa shape index (κ2) is 5.11. The standard InChI is InChI=1S/C10H18N2O3/c1-11(2)9(13)7-12-4-3-8(6-12)5-10(14)15/h8H,3-7H2,1-2H3,(H,14,15). The summed E-state index contributed by atoms with van der Waals surface area (Å²) in [6.07, 6.45) is 1.10. The molecule has 1 N–H and O–H groups in total. The Labute approximate surface area is 89.7 Å². The molecule has 0 aromatic carbocycles. The van der Waals surface area contributed by atoms with E-state index in [1.165, 1.54) is 0 Å². The van der Waals surface area contributed by atoms with E-state index in [9.17, 15) is 9.59 Å². The van der Waals surface area contributed by atoms with Crippen molar-refractivity contribution >= 4 is 11.9 Å². The Hall–Kier alpha value is -1.10. The van der Waals surface area contributed by atoms with Gasteiger partial charge >= 0.3 is 5.97 Å². The number of nitrogens with zero attached hydrogens (tertiary/aromatic N) is 2. The van der Waals surface area contributed by atoms with Crippen LogP contribution in [0, 0.1) is 5.92 Å². The van der Waals surface area contributed by atoms with Crippen LogP contribution < -0.4 is 0 Å². The molecular weight excluding hydrogens is 196 g/mol. The summed E-state index contributed by atoms with van der Waals surface area (Å²) in [5.41, 5.74) is 0. The van der Waals surface area contributed by atoms with Crippen LogP contribution in [0.25, 0.3) is 0 Å². The van der Waals surface area contributed by atoms with Gasteiger partial charge in [-0.05, 0) is 18.9 Å². The van der Waals surface area contributed by atoms with Crippen LogP contribution in [0.5, 0.6) is 0 Å². The molecule has 1 aliphatic heterocycles. The van der Waals surface area contributed by atoms with Gasteiger partial charge in [-0.1, -0.05) is 0 Å². The van der Waals surface area contributed by atoms with E-state index in [2.05, 4.69) is 0 Å². The maximum Gasteiger partial charge on any atom is 0.303 e. The lowest BCUT2D eigenvalue weighted by Gasteiger charge is -2.17. The van der Waals surface area contributed by atoms with E-state index in [0.29, 0.717) is 6.54 Å². The second-order valence-electron chi connectivity index (χ2n) is 4.28. The van der Waals surface area contributed by atoms with E-state index >= 15 is 0 Å². The van der Waals surface area contributed by atoms with Crippen LogP contribution in [0.15, 0.2) is 0 Å². The van der Waals surface area contributed by atoms with Crippen molar-refractivity contribution in [2.75, 3.05) is 33.7 Å². The highest BCUT2D eigenvalue weighted by molar-refractivity contribution is 5.77. The van der Waals surface area contributed by atoms with Gasteiger partial charge in [0.1, 0.15) is 0 Å². The molecule has 0 aliphatic carbocycles. The molecule has 1 saturated heterocycles. The molecule has 0 aromatic heterocycles. The number of hydrogen-bond donors (Lipinski definition) is 1. The van der Waals surface area contributed by atoms with E-state index < -0.39 is 5.97 Å². The van der Waals surface area contributed by atoms with Gasteiger partial charge in [0.05, 0.1) is 6.54 Å². The average molecular weight is 214 g/mol. The zero-order valence-corrected chi connectivity index (χ0v) is 9.27. The normalized spacial score (nSPS) is 21.6. The molecule has 86 valence electrons. The average Bonchev–Trinajstić information content (AvgIpc) is 2.51. The number of likely N-dealkylation sites (tertiary alicyclic amines) is 1. The molecule has 1 aliphatic rings. The van der Waals surface area contributed by atoms with Gasteiger partial charge in [0.2, 0.25) is 5.91 Å². The minimum Gasteiger partial charge on any atom is -0.481 e. The first-order valence-corrected chi connectivity index (χ1v) is 5.13. The van der Waals surface area contributed by atoms with Crippen molar-refractivity contribution in [2.45, 2.75) is 12.8 Å². The summed E-state index contributed by atoms with van der Waals surface area (Å²) in [6, 6.07) is 0. The second-order valence-corrected chi connectivity index (χ2v) is 4.28. The number of carboxylic acids is 1. The first-order chi connectivity index (χ1) is 6.99. The van der Waals surface area contributed by atoms with Gasteiger partial charge in [0.25, 0.3) is 0 Å². The molecule has 1 unspecified atom stereocenters. The molecule has 0 radical (unpaired) electrons. The number of amides is 1. The van der Waals surface area contributed by atoms with Crippen molar-refractivity contribution in [2.24, 2.45) is 5.92 Å². The molecule has 1 fully saturated rings. The molecule has 0 bridgehead atoms. The molecule has 0 aromatic rings. The van der Waals surface area contributed by atoms with Gasteiger partial charge in [0.15, 0.2) is 0 Å². The largest absolute Gasteiger partial charge is 0.481 e. The smallest absolute Gasteiger partial charge is 0.303 e. The van der Waals surface area contributed by atoms with Crippen molar-refractivity contribution in [1.29, 1.82) is 0 Å². The molecule has 5 nitrogen and oxygen atoms in total. The van der Waals surface area contributed by atoms with Gasteiger partial charge in [-0.25, -0.2) is 0 Å². The number of carbonyl (C=O) groups excluding carboxylic acids is 1. The minimum atomic E-state index is -0.749. The molecule has 1 atom stereocenters. The van der Waals surface area contributed by atoms with Crippen molar-refractivity contribution in [3.05, 3.63) is 0 Å². The van der Waals surface area contributed by atoms with Crippen molar-refractivity contribution in [3.8, 4) is 0 Å². The van der Waals surface area contributed by atoms with Crippen molar-refractivity contribution in [3.63, 3.8) is 0 Å². The highest BCUT2D eigenvalue weighted by atomic mass is 16.4. The highest BCUT2D eigenvalue weighted by Crippen LogP contribution is 2.19. The van der Waals surface area contributed by atoms with E-state index in [-0.39, 0.29) is 18.2 Å². The lowest BCUT2D eigenvalue weighted by Crippen LogP contribution is -2.35. The number of rotatable bonds is 4. The predicted molar refractivity (Wildman–Crippen MR) is 55.5 cm³/mol. The molecule has 0 saturated carbocycles. The highest BCUT2D eigenvalue weighted by Gasteiger charge is 2.25. The van der Waals surface area contributed by atoms with E-state index in [1.807, 2.05) is 4.90 Å². The summed E-state index contributed by atoms with van der Waals surface area (Å²) < 4.78 is 0. The Bertz CT molecular complexity index is 253. The molecule has 1 heterocycles. The van der Waals surface area contributed by atoms with Crippen LogP contribution in [-0.4, -0.2) is 60.5 Å². The fraction of sp³-hybridized carbons (Fsp3) is 0.800. The van der Waals surface area contributed by atoms with Gasteiger partial charge in [-0.15, -0.1) is 0 Å². The fourth-order valence-corrected chi connectivity index (χ4v) is 1.80. The van der Waals surface area contributed by atoms with Gasteiger partial charge < -0.3 is 10.0 Å². The SMILES string of the molecule is CN(C)C(=O)CN1CCC(CC(=O)O)C1. The fourth-order valence-electron chi connectivity index (χ4n) is 1.80. The van der Waals surface area contributed by atoms with Crippen molar-refractivity contribution in [1.82, 2.24) is 9.80 Å². The van der Waals surface area contributed by atoms with E-state index in [4.69, 9.17) is 5.11 Å². The first kappa shape index (κ1) is 12.0. The first-order valence-electron chi connectivity index (χ1n) is 5.13. The number of hydrogen-bond acceptors (Lipinski definition) is 3. The zero-order valence-electron chi connectivity index (χ0n) is 9.27. The summed E-state index contributed by atoms with van der Waals surface area (Å²) in [4.78, 5) is 25.5. The summed E-state index contributed by atoms with van der Waals surface area (Å²) in [7, 11) is 3.46. The van der Waals surface area contributed by atoms with Crippen molar-refractivity contribution < 1.29 is 14.7 Å². The summed E-state index contributed by atoms with van der Waals surface area (Å²) >= 11 is 0. The van der Waals surface area contributed by atoms with Gasteiger partial charge in [-0.3, -0.25) is 14.5 Å². The lowest BCUT2D eigenvalue weighted by molar-refractivity contribution is -0.138. The van der Waals surface area contributed by atoms with Crippen LogP contribution in [0.2, 0.25) is 0 Å². The number of aliphatic carboxylic acids is 1. The Balaban J connectivity index is 2.30. The van der Waals surface area contributed by atoms with Gasteiger partial charge in [0, 0.05) is 27.1 Å². The Morgan fingerprint density at radius 2 is 2.13 bits per heavy atom. The summed E-state index contributed by atoms with van der Waals surface area (Å²) in [6.45, 7) is 1.96. The van der Waals surface area contributed by atoms with Crippen LogP contribution in [0.4, 0.5) is 0 Å². The summed E-state index contributed by atoms with van der Waals surface area (Å²) in [5.74, 6) is -0.468. The van der Waals surface area contributed by atoms with Crippen LogP contribution in [0.3, 0.4) is 0 Å². The topological polar surface area (TPSA) is 60.9 Å². The Morgan fingerprint density at radius 1 is 1.47 bits per heavy atom. The van der Waals surface area contributed by atoms with Crippen LogP contribution in [-0.2, 0) is 9.59 Å². The number of carbonyl (C=O) groups is 2. The molecule has 1 amide bonds. The van der Waals surface area contributed by atoms with Crippen LogP contribution >= 0.6 is 0 Å². The zero-order chi connectivity index (χ0) is 11.4. The third kappa shape index (κ3) is 3.87. The maximum absolute atomic E-state index is 11.4. The van der Waals surface area contributed by atoms with E-state index in [1.54, 1.807) is 19.0 Å². The molecule has 15 heavy (non-hydrogen) atoms. The minimum absolute atomic E-state index is 0.0750.